The maximum Gasteiger partial charge on any atom is 0.324 e. The first-order valence-corrected chi connectivity index (χ1v) is 5.87. The minimum atomic E-state index is -0.160. The maximum absolute atomic E-state index is 5.68. The van der Waals surface area contributed by atoms with Crippen molar-refractivity contribution in [3.05, 3.63) is 0 Å². The quantitative estimate of drug-likeness (QED) is 0.835. The van der Waals surface area contributed by atoms with Crippen LogP contribution in [0.3, 0.4) is 0 Å². The molecule has 0 amide bonds. The molecule has 1 atom stereocenters. The molecular formula is C11H18N4O3. The Bertz CT molecular complexity index is 385. The Balaban J connectivity index is 2.04. The number of anilines is 1. The molecule has 0 saturated carbocycles. The molecule has 2 heterocycles. The van der Waals surface area contributed by atoms with Crippen molar-refractivity contribution in [1.82, 2.24) is 15.0 Å². The number of ether oxygens (including phenoxy) is 3. The van der Waals surface area contributed by atoms with Crippen LogP contribution in [-0.4, -0.2) is 47.9 Å². The zero-order valence-electron chi connectivity index (χ0n) is 10.9. The molecule has 0 spiro atoms. The van der Waals surface area contributed by atoms with Crippen molar-refractivity contribution in [3.8, 4) is 12.0 Å². The minimum absolute atomic E-state index is 0.160. The van der Waals surface area contributed by atoms with Crippen molar-refractivity contribution in [2.24, 2.45) is 0 Å². The summed E-state index contributed by atoms with van der Waals surface area (Å²) in [6.45, 7) is 3.52. The van der Waals surface area contributed by atoms with E-state index in [1.165, 1.54) is 14.2 Å². The van der Waals surface area contributed by atoms with E-state index in [2.05, 4.69) is 27.2 Å². The average molecular weight is 254 g/mol. The van der Waals surface area contributed by atoms with E-state index in [9.17, 15) is 0 Å². The van der Waals surface area contributed by atoms with Crippen LogP contribution >= 0.6 is 0 Å². The molecule has 1 N–H and O–H groups in total. The highest BCUT2D eigenvalue weighted by atomic mass is 16.5. The van der Waals surface area contributed by atoms with Crippen LogP contribution < -0.4 is 14.8 Å². The number of methoxy groups -OCH3 is 2. The molecule has 1 saturated heterocycles. The van der Waals surface area contributed by atoms with Gasteiger partial charge in [-0.1, -0.05) is 0 Å². The number of rotatable bonds is 5. The maximum atomic E-state index is 5.68. The Morgan fingerprint density at radius 2 is 1.89 bits per heavy atom. The SMILES string of the molecule is COc1nc(NCC2(C)CCCO2)nc(OC)n1. The molecule has 1 aliphatic heterocycles. The molecular weight excluding hydrogens is 236 g/mol. The van der Waals surface area contributed by atoms with Gasteiger partial charge in [0.2, 0.25) is 5.95 Å². The summed E-state index contributed by atoms with van der Waals surface area (Å²) in [6, 6.07) is 0.448. The molecule has 2 rings (SSSR count). The van der Waals surface area contributed by atoms with E-state index in [4.69, 9.17) is 14.2 Å². The summed E-state index contributed by atoms with van der Waals surface area (Å²) in [7, 11) is 3.00. The topological polar surface area (TPSA) is 78.4 Å². The Morgan fingerprint density at radius 3 is 2.39 bits per heavy atom. The molecule has 0 radical (unpaired) electrons. The van der Waals surface area contributed by atoms with Crippen LogP contribution in [0.2, 0.25) is 0 Å². The standard InChI is InChI=1S/C11H18N4O3/c1-11(5-4-6-18-11)7-12-8-13-9(16-2)15-10(14-8)17-3/h4-7H2,1-3H3,(H,12,13,14,15). The first-order chi connectivity index (χ1) is 8.65. The Labute approximate surface area is 106 Å². The molecule has 1 unspecified atom stereocenters. The summed E-state index contributed by atoms with van der Waals surface area (Å²) in [4.78, 5) is 12.1. The van der Waals surface area contributed by atoms with E-state index in [1.54, 1.807) is 0 Å². The fraction of sp³-hybridized carbons (Fsp3) is 0.727. The highest BCUT2D eigenvalue weighted by molar-refractivity contribution is 5.28. The number of aromatic nitrogens is 3. The van der Waals surface area contributed by atoms with E-state index in [-0.39, 0.29) is 17.6 Å². The zero-order valence-corrected chi connectivity index (χ0v) is 10.9. The van der Waals surface area contributed by atoms with Crippen molar-refractivity contribution in [3.63, 3.8) is 0 Å². The average Bonchev–Trinajstić information content (AvgIpc) is 2.83. The molecule has 0 aliphatic carbocycles. The summed E-state index contributed by atoms with van der Waals surface area (Å²) in [5.74, 6) is 0.426. The van der Waals surface area contributed by atoms with Crippen LogP contribution in [-0.2, 0) is 4.74 Å². The fourth-order valence-corrected chi connectivity index (χ4v) is 1.84. The number of hydrogen-bond donors (Lipinski definition) is 1. The Morgan fingerprint density at radius 1 is 1.22 bits per heavy atom. The largest absolute Gasteiger partial charge is 0.467 e. The van der Waals surface area contributed by atoms with Gasteiger partial charge in [-0.15, -0.1) is 4.98 Å². The van der Waals surface area contributed by atoms with Crippen molar-refractivity contribution in [2.45, 2.75) is 25.4 Å². The molecule has 18 heavy (non-hydrogen) atoms. The van der Waals surface area contributed by atoms with Gasteiger partial charge in [0.1, 0.15) is 0 Å². The van der Waals surface area contributed by atoms with Crippen LogP contribution in [0, 0.1) is 0 Å². The summed E-state index contributed by atoms with van der Waals surface area (Å²) in [6.07, 6.45) is 2.11. The van der Waals surface area contributed by atoms with Crippen LogP contribution in [0.25, 0.3) is 0 Å². The van der Waals surface area contributed by atoms with Crippen LogP contribution in [0.4, 0.5) is 5.95 Å². The molecule has 1 fully saturated rings. The van der Waals surface area contributed by atoms with Crippen molar-refractivity contribution in [1.29, 1.82) is 0 Å². The normalized spacial score (nSPS) is 22.8. The van der Waals surface area contributed by atoms with Gasteiger partial charge in [-0.25, -0.2) is 0 Å². The van der Waals surface area contributed by atoms with Crippen LogP contribution in [0.1, 0.15) is 19.8 Å². The van der Waals surface area contributed by atoms with Crippen LogP contribution in [0.5, 0.6) is 12.0 Å². The third-order valence-corrected chi connectivity index (χ3v) is 2.88. The summed E-state index contributed by atoms with van der Waals surface area (Å²) in [5.41, 5.74) is -0.160. The lowest BCUT2D eigenvalue weighted by Crippen LogP contribution is -2.33. The summed E-state index contributed by atoms with van der Waals surface area (Å²) < 4.78 is 15.6. The molecule has 1 aromatic rings. The number of nitrogens with one attached hydrogen (secondary N) is 1. The minimum Gasteiger partial charge on any atom is -0.467 e. The summed E-state index contributed by atoms with van der Waals surface area (Å²) >= 11 is 0. The lowest BCUT2D eigenvalue weighted by Gasteiger charge is -2.23. The first-order valence-electron chi connectivity index (χ1n) is 5.87. The van der Waals surface area contributed by atoms with Gasteiger partial charge in [0.15, 0.2) is 0 Å². The highest BCUT2D eigenvalue weighted by Gasteiger charge is 2.29. The Kier molecular flexibility index (Phi) is 3.81. The smallest absolute Gasteiger partial charge is 0.324 e. The van der Waals surface area contributed by atoms with Crippen LogP contribution in [0.15, 0.2) is 0 Å². The zero-order chi connectivity index (χ0) is 13.0. The molecule has 7 heteroatoms. The molecule has 1 aliphatic rings. The second-order valence-corrected chi connectivity index (χ2v) is 4.39. The fourth-order valence-electron chi connectivity index (χ4n) is 1.84. The number of nitrogens with zero attached hydrogens (tertiary/aromatic N) is 3. The lowest BCUT2D eigenvalue weighted by molar-refractivity contribution is 0.0314. The van der Waals surface area contributed by atoms with Gasteiger partial charge in [-0.3, -0.25) is 0 Å². The monoisotopic (exact) mass is 254 g/mol. The van der Waals surface area contributed by atoms with E-state index in [0.29, 0.717) is 12.5 Å². The Hall–Kier alpha value is -1.63. The molecule has 0 bridgehead atoms. The van der Waals surface area contributed by atoms with E-state index in [1.807, 2.05) is 0 Å². The molecule has 1 aromatic heterocycles. The predicted molar refractivity (Wildman–Crippen MR) is 65.0 cm³/mol. The molecule has 0 aromatic carbocycles. The third-order valence-electron chi connectivity index (χ3n) is 2.88. The van der Waals surface area contributed by atoms with E-state index < -0.39 is 0 Å². The second kappa shape index (κ2) is 5.34. The summed E-state index contributed by atoms with van der Waals surface area (Å²) in [5, 5.41) is 3.13. The van der Waals surface area contributed by atoms with E-state index >= 15 is 0 Å². The van der Waals surface area contributed by atoms with Crippen molar-refractivity contribution in [2.75, 3.05) is 32.7 Å². The predicted octanol–water partition coefficient (Wildman–Crippen LogP) is 0.870. The first kappa shape index (κ1) is 12.8. The van der Waals surface area contributed by atoms with Gasteiger partial charge in [0, 0.05) is 13.2 Å². The number of hydrogen-bond acceptors (Lipinski definition) is 7. The van der Waals surface area contributed by atoms with E-state index in [0.717, 1.165) is 19.4 Å². The molecule has 7 nitrogen and oxygen atoms in total. The molecule has 100 valence electrons. The van der Waals surface area contributed by atoms with Gasteiger partial charge >= 0.3 is 12.0 Å². The highest BCUT2D eigenvalue weighted by Crippen LogP contribution is 2.25. The third kappa shape index (κ3) is 2.98. The van der Waals surface area contributed by atoms with Crippen molar-refractivity contribution < 1.29 is 14.2 Å². The van der Waals surface area contributed by atoms with Crippen molar-refractivity contribution >= 4 is 5.95 Å². The van der Waals surface area contributed by atoms with Gasteiger partial charge in [0.05, 0.1) is 19.8 Å². The van der Waals surface area contributed by atoms with Gasteiger partial charge in [-0.05, 0) is 19.8 Å². The van der Waals surface area contributed by atoms with Gasteiger partial charge in [0.25, 0.3) is 0 Å². The van der Waals surface area contributed by atoms with Gasteiger partial charge < -0.3 is 19.5 Å². The van der Waals surface area contributed by atoms with Gasteiger partial charge in [-0.2, -0.15) is 9.97 Å². The second-order valence-electron chi connectivity index (χ2n) is 4.39. The lowest BCUT2D eigenvalue weighted by atomic mass is 10.0.